The molecule has 17 heavy (non-hydrogen) atoms. The number of nitrogens with zero attached hydrogens (tertiary/aromatic N) is 1. The average molecular weight is 238 g/mol. The van der Waals surface area contributed by atoms with Gasteiger partial charge in [-0.3, -0.25) is 4.79 Å². The summed E-state index contributed by atoms with van der Waals surface area (Å²) in [6, 6.07) is 3.65. The molecule has 0 radical (unpaired) electrons. The van der Waals surface area contributed by atoms with Crippen LogP contribution in [0.3, 0.4) is 0 Å². The number of esters is 1. The minimum absolute atomic E-state index is 0.188. The highest BCUT2D eigenvalue weighted by Gasteiger charge is 2.12. The van der Waals surface area contributed by atoms with E-state index in [1.54, 1.807) is 19.2 Å². The minimum atomic E-state index is -0.226. The molecule has 1 rings (SSSR count). The molecule has 5 heteroatoms. The molecule has 1 heterocycles. The predicted octanol–water partition coefficient (Wildman–Crippen LogP) is 1.70. The first kappa shape index (κ1) is 13.3. The van der Waals surface area contributed by atoms with Crippen molar-refractivity contribution in [2.24, 2.45) is 5.92 Å². The molecule has 0 saturated heterocycles. The summed E-state index contributed by atoms with van der Waals surface area (Å²) < 4.78 is 9.87. The maximum absolute atomic E-state index is 11.2. The van der Waals surface area contributed by atoms with E-state index in [0.717, 1.165) is 5.69 Å². The van der Waals surface area contributed by atoms with Crippen LogP contribution >= 0.6 is 0 Å². The Kier molecular flexibility index (Phi) is 5.26. The van der Waals surface area contributed by atoms with Crippen LogP contribution in [0.5, 0.6) is 5.88 Å². The van der Waals surface area contributed by atoms with Crippen LogP contribution in [0.25, 0.3) is 0 Å². The van der Waals surface area contributed by atoms with Crippen molar-refractivity contribution in [2.75, 3.05) is 25.6 Å². The lowest BCUT2D eigenvalue weighted by atomic mass is 10.2. The van der Waals surface area contributed by atoms with Crippen LogP contribution in [-0.2, 0) is 9.53 Å². The molecule has 1 aromatic heterocycles. The van der Waals surface area contributed by atoms with Gasteiger partial charge in [0.1, 0.15) is 0 Å². The first-order valence-electron chi connectivity index (χ1n) is 5.58. The smallest absolute Gasteiger partial charge is 0.310 e. The van der Waals surface area contributed by atoms with E-state index in [1.807, 2.05) is 13.0 Å². The van der Waals surface area contributed by atoms with Crippen molar-refractivity contribution in [3.05, 3.63) is 18.3 Å². The van der Waals surface area contributed by atoms with Gasteiger partial charge in [0.15, 0.2) is 0 Å². The van der Waals surface area contributed by atoms with Gasteiger partial charge in [0.25, 0.3) is 0 Å². The maximum Gasteiger partial charge on any atom is 0.310 e. The van der Waals surface area contributed by atoms with Gasteiger partial charge in [-0.2, -0.15) is 0 Å². The number of ether oxygens (including phenoxy) is 2. The summed E-state index contributed by atoms with van der Waals surface area (Å²) in [5.41, 5.74) is 0.851. The highest BCUT2D eigenvalue weighted by molar-refractivity contribution is 5.72. The van der Waals surface area contributed by atoms with Gasteiger partial charge < -0.3 is 14.8 Å². The monoisotopic (exact) mass is 238 g/mol. The largest absolute Gasteiger partial charge is 0.478 e. The van der Waals surface area contributed by atoms with Gasteiger partial charge >= 0.3 is 5.97 Å². The SMILES string of the molecule is CCOc1ccc(NCC(C)C(=O)OC)cn1. The predicted molar refractivity (Wildman–Crippen MR) is 65.1 cm³/mol. The number of carbonyl (C=O) groups excluding carboxylic acids is 1. The Bertz CT molecular complexity index is 351. The molecule has 0 aromatic carbocycles. The molecule has 0 saturated carbocycles. The van der Waals surface area contributed by atoms with E-state index < -0.39 is 0 Å². The van der Waals surface area contributed by atoms with Crippen molar-refractivity contribution in [1.82, 2.24) is 4.98 Å². The average Bonchev–Trinajstić information content (AvgIpc) is 2.37. The lowest BCUT2D eigenvalue weighted by Gasteiger charge is -2.11. The lowest BCUT2D eigenvalue weighted by Crippen LogP contribution is -2.21. The number of nitrogens with one attached hydrogen (secondary N) is 1. The number of hydrogen-bond acceptors (Lipinski definition) is 5. The van der Waals surface area contributed by atoms with Gasteiger partial charge in [-0.05, 0) is 13.0 Å². The zero-order valence-corrected chi connectivity index (χ0v) is 10.4. The fourth-order valence-electron chi connectivity index (χ4n) is 1.27. The molecule has 0 amide bonds. The van der Waals surface area contributed by atoms with Gasteiger partial charge in [-0.25, -0.2) is 4.98 Å². The quantitative estimate of drug-likeness (QED) is 0.764. The fraction of sp³-hybridized carbons (Fsp3) is 0.500. The van der Waals surface area contributed by atoms with Crippen molar-refractivity contribution in [3.8, 4) is 5.88 Å². The zero-order chi connectivity index (χ0) is 12.7. The Morgan fingerprint density at radius 2 is 2.29 bits per heavy atom. The fourth-order valence-corrected chi connectivity index (χ4v) is 1.27. The molecule has 1 aromatic rings. The number of carbonyl (C=O) groups is 1. The summed E-state index contributed by atoms with van der Waals surface area (Å²) in [7, 11) is 1.39. The first-order valence-corrected chi connectivity index (χ1v) is 5.58. The Morgan fingerprint density at radius 1 is 1.53 bits per heavy atom. The summed E-state index contributed by atoms with van der Waals surface area (Å²) in [5.74, 6) is 0.182. The molecular formula is C12H18N2O3. The molecule has 0 aliphatic heterocycles. The summed E-state index contributed by atoms with van der Waals surface area (Å²) in [6.45, 7) is 4.83. The Labute approximate surface area is 101 Å². The number of anilines is 1. The van der Waals surface area contributed by atoms with E-state index in [2.05, 4.69) is 15.0 Å². The molecule has 0 spiro atoms. The first-order chi connectivity index (χ1) is 8.17. The van der Waals surface area contributed by atoms with Gasteiger partial charge in [0.2, 0.25) is 5.88 Å². The summed E-state index contributed by atoms with van der Waals surface area (Å²) >= 11 is 0. The van der Waals surface area contributed by atoms with Gasteiger partial charge in [-0.1, -0.05) is 6.92 Å². The third-order valence-electron chi connectivity index (χ3n) is 2.24. The van der Waals surface area contributed by atoms with Crippen LogP contribution in [-0.4, -0.2) is 31.2 Å². The summed E-state index contributed by atoms with van der Waals surface area (Å²) in [5, 5.41) is 3.11. The van der Waals surface area contributed by atoms with Crippen LogP contribution in [0, 0.1) is 5.92 Å². The maximum atomic E-state index is 11.2. The molecule has 94 valence electrons. The van der Waals surface area contributed by atoms with Crippen molar-refractivity contribution in [3.63, 3.8) is 0 Å². The summed E-state index contributed by atoms with van der Waals surface area (Å²) in [4.78, 5) is 15.3. The Balaban J connectivity index is 2.44. The van der Waals surface area contributed by atoms with Crippen LogP contribution < -0.4 is 10.1 Å². The van der Waals surface area contributed by atoms with Crippen molar-refractivity contribution < 1.29 is 14.3 Å². The normalized spacial score (nSPS) is 11.7. The number of hydrogen-bond donors (Lipinski definition) is 1. The second kappa shape index (κ2) is 6.73. The highest BCUT2D eigenvalue weighted by Crippen LogP contribution is 2.12. The van der Waals surface area contributed by atoms with Crippen LogP contribution in [0.15, 0.2) is 18.3 Å². The standard InChI is InChI=1S/C12H18N2O3/c1-4-17-11-6-5-10(8-14-11)13-7-9(2)12(15)16-3/h5-6,8-9,13H,4,7H2,1-3H3. The van der Waals surface area contributed by atoms with Gasteiger partial charge in [0, 0.05) is 12.6 Å². The van der Waals surface area contributed by atoms with Crippen molar-refractivity contribution in [1.29, 1.82) is 0 Å². The number of aromatic nitrogens is 1. The molecule has 5 nitrogen and oxygen atoms in total. The third kappa shape index (κ3) is 4.30. The van der Waals surface area contributed by atoms with Gasteiger partial charge in [0.05, 0.1) is 31.5 Å². The minimum Gasteiger partial charge on any atom is -0.478 e. The van der Waals surface area contributed by atoms with Crippen molar-refractivity contribution >= 4 is 11.7 Å². The molecular weight excluding hydrogens is 220 g/mol. The van der Waals surface area contributed by atoms with E-state index in [9.17, 15) is 4.79 Å². The topological polar surface area (TPSA) is 60.5 Å². The van der Waals surface area contributed by atoms with Gasteiger partial charge in [-0.15, -0.1) is 0 Å². The van der Waals surface area contributed by atoms with E-state index in [4.69, 9.17) is 4.74 Å². The molecule has 0 bridgehead atoms. The van der Waals surface area contributed by atoms with E-state index in [-0.39, 0.29) is 11.9 Å². The second-order valence-corrected chi connectivity index (χ2v) is 3.62. The number of methoxy groups -OCH3 is 1. The molecule has 0 fully saturated rings. The molecule has 1 atom stereocenters. The van der Waals surface area contributed by atoms with E-state index in [0.29, 0.717) is 19.0 Å². The van der Waals surface area contributed by atoms with Crippen molar-refractivity contribution in [2.45, 2.75) is 13.8 Å². The molecule has 0 aliphatic rings. The van der Waals surface area contributed by atoms with E-state index >= 15 is 0 Å². The third-order valence-corrected chi connectivity index (χ3v) is 2.24. The molecule has 1 N–H and O–H groups in total. The van der Waals surface area contributed by atoms with Crippen LogP contribution in [0.1, 0.15) is 13.8 Å². The second-order valence-electron chi connectivity index (χ2n) is 3.62. The van der Waals surface area contributed by atoms with E-state index in [1.165, 1.54) is 7.11 Å². The molecule has 1 unspecified atom stereocenters. The zero-order valence-electron chi connectivity index (χ0n) is 10.4. The lowest BCUT2D eigenvalue weighted by molar-refractivity contribution is -0.144. The molecule has 0 aliphatic carbocycles. The Hall–Kier alpha value is -1.78. The highest BCUT2D eigenvalue weighted by atomic mass is 16.5. The van der Waals surface area contributed by atoms with Crippen LogP contribution in [0.2, 0.25) is 0 Å². The number of pyridine rings is 1. The Morgan fingerprint density at radius 3 is 2.82 bits per heavy atom. The van der Waals surface area contributed by atoms with Crippen LogP contribution in [0.4, 0.5) is 5.69 Å². The summed E-state index contributed by atoms with van der Waals surface area (Å²) in [6.07, 6.45) is 1.68. The number of rotatable bonds is 6.